The molecule has 0 saturated carbocycles. The molecule has 0 aromatic carbocycles. The van der Waals surface area contributed by atoms with Gasteiger partial charge in [-0.3, -0.25) is 4.99 Å². The van der Waals surface area contributed by atoms with Gasteiger partial charge in [0.05, 0.1) is 12.1 Å². The second-order valence-corrected chi connectivity index (χ2v) is 4.53. The SMILES string of the molecule is C=NC(=NC(C)C(=C)C=C(C)C=CC)C(C#N)C(C)=N. The lowest BCUT2D eigenvalue weighted by molar-refractivity contribution is 0.874. The maximum Gasteiger partial charge on any atom is 0.146 e. The molecule has 0 amide bonds. The molecule has 0 aromatic rings. The Bertz CT molecular complexity index is 515. The normalized spacial score (nSPS) is 15.6. The zero-order valence-corrected chi connectivity index (χ0v) is 12.6. The van der Waals surface area contributed by atoms with Crippen molar-refractivity contribution in [1.29, 1.82) is 10.7 Å². The molecule has 106 valence electrons. The first-order valence-corrected chi connectivity index (χ1v) is 6.36. The number of hydrogen-bond acceptors (Lipinski definition) is 3. The van der Waals surface area contributed by atoms with Crippen LogP contribution in [0.2, 0.25) is 0 Å². The first kappa shape index (κ1) is 17.7. The minimum absolute atomic E-state index is 0.206. The molecule has 0 bridgehead atoms. The summed E-state index contributed by atoms with van der Waals surface area (Å²) in [6.07, 6.45) is 5.87. The van der Waals surface area contributed by atoms with Crippen molar-refractivity contribution in [2.75, 3.05) is 0 Å². The van der Waals surface area contributed by atoms with Crippen molar-refractivity contribution in [3.8, 4) is 6.07 Å². The molecular formula is C16H22N4. The Hall–Kier alpha value is -2.28. The van der Waals surface area contributed by atoms with Crippen LogP contribution in [0.1, 0.15) is 27.7 Å². The number of amidine groups is 1. The number of nitrogens with zero attached hydrogens (tertiary/aromatic N) is 3. The summed E-state index contributed by atoms with van der Waals surface area (Å²) in [6.45, 7) is 14.8. The van der Waals surface area contributed by atoms with Crippen LogP contribution < -0.4 is 0 Å². The third-order valence-corrected chi connectivity index (χ3v) is 2.69. The molecule has 20 heavy (non-hydrogen) atoms. The maximum atomic E-state index is 9.06. The number of rotatable bonds is 6. The molecule has 0 saturated heterocycles. The maximum absolute atomic E-state index is 9.06. The van der Waals surface area contributed by atoms with Gasteiger partial charge in [0.25, 0.3) is 0 Å². The van der Waals surface area contributed by atoms with Crippen molar-refractivity contribution in [2.24, 2.45) is 15.9 Å². The number of aliphatic imine (C=N–C) groups is 2. The van der Waals surface area contributed by atoms with Crippen LogP contribution in [0, 0.1) is 22.7 Å². The molecule has 0 fully saturated rings. The topological polar surface area (TPSA) is 72.4 Å². The molecule has 0 aliphatic rings. The van der Waals surface area contributed by atoms with Crippen molar-refractivity contribution in [3.63, 3.8) is 0 Å². The highest BCUT2D eigenvalue weighted by Crippen LogP contribution is 2.12. The van der Waals surface area contributed by atoms with Gasteiger partial charge in [-0.25, -0.2) is 4.99 Å². The van der Waals surface area contributed by atoms with Gasteiger partial charge in [-0.05, 0) is 40.0 Å². The van der Waals surface area contributed by atoms with Crippen molar-refractivity contribution in [1.82, 2.24) is 0 Å². The lowest BCUT2D eigenvalue weighted by Gasteiger charge is -2.12. The highest BCUT2D eigenvalue weighted by Gasteiger charge is 2.18. The van der Waals surface area contributed by atoms with E-state index in [0.717, 1.165) is 11.1 Å². The van der Waals surface area contributed by atoms with Crippen molar-refractivity contribution >= 4 is 18.3 Å². The smallest absolute Gasteiger partial charge is 0.146 e. The van der Waals surface area contributed by atoms with Crippen LogP contribution in [0.3, 0.4) is 0 Å². The van der Waals surface area contributed by atoms with Gasteiger partial charge in [0.2, 0.25) is 0 Å². The van der Waals surface area contributed by atoms with Crippen molar-refractivity contribution in [2.45, 2.75) is 33.7 Å². The Balaban J connectivity index is 5.24. The van der Waals surface area contributed by atoms with Crippen LogP contribution >= 0.6 is 0 Å². The summed E-state index contributed by atoms with van der Waals surface area (Å²) < 4.78 is 0. The molecular weight excluding hydrogens is 248 g/mol. The molecule has 2 unspecified atom stereocenters. The lowest BCUT2D eigenvalue weighted by atomic mass is 10.0. The summed E-state index contributed by atoms with van der Waals surface area (Å²) >= 11 is 0. The first-order valence-electron chi connectivity index (χ1n) is 6.36. The fraction of sp³-hybridized carbons (Fsp3) is 0.375. The fourth-order valence-electron chi connectivity index (χ4n) is 1.56. The van der Waals surface area contributed by atoms with E-state index in [1.807, 2.05) is 45.1 Å². The van der Waals surface area contributed by atoms with Gasteiger partial charge in [-0.2, -0.15) is 5.26 Å². The summed E-state index contributed by atoms with van der Waals surface area (Å²) in [5.41, 5.74) is 2.10. The Kier molecular flexibility index (Phi) is 7.76. The number of nitriles is 1. The van der Waals surface area contributed by atoms with Gasteiger partial charge in [0, 0.05) is 5.71 Å². The summed E-state index contributed by atoms with van der Waals surface area (Å²) in [4.78, 5) is 8.14. The number of hydrogen-bond donors (Lipinski definition) is 1. The highest BCUT2D eigenvalue weighted by molar-refractivity contribution is 6.08. The van der Waals surface area contributed by atoms with Crippen LogP contribution in [-0.4, -0.2) is 24.3 Å². The molecule has 0 aliphatic carbocycles. The van der Waals surface area contributed by atoms with Gasteiger partial charge >= 0.3 is 0 Å². The van der Waals surface area contributed by atoms with Crippen LogP contribution in [0.25, 0.3) is 0 Å². The van der Waals surface area contributed by atoms with Gasteiger partial charge < -0.3 is 5.41 Å². The molecule has 4 heteroatoms. The molecule has 2 atom stereocenters. The Morgan fingerprint density at radius 2 is 2.00 bits per heavy atom. The monoisotopic (exact) mass is 270 g/mol. The van der Waals surface area contributed by atoms with E-state index in [1.165, 1.54) is 0 Å². The minimum Gasteiger partial charge on any atom is -0.308 e. The third kappa shape index (κ3) is 5.57. The average Bonchev–Trinajstić information content (AvgIpc) is 2.37. The number of nitrogens with one attached hydrogen (secondary N) is 1. The van der Waals surface area contributed by atoms with E-state index in [4.69, 9.17) is 10.7 Å². The Morgan fingerprint density at radius 3 is 2.40 bits per heavy atom. The Labute approximate surface area is 121 Å². The molecule has 1 N–H and O–H groups in total. The highest BCUT2D eigenvalue weighted by atomic mass is 14.9. The molecule has 0 heterocycles. The summed E-state index contributed by atoms with van der Waals surface area (Å²) in [5, 5.41) is 16.6. The van der Waals surface area contributed by atoms with E-state index in [9.17, 15) is 0 Å². The van der Waals surface area contributed by atoms with E-state index in [1.54, 1.807) is 6.92 Å². The quantitative estimate of drug-likeness (QED) is 0.446. The van der Waals surface area contributed by atoms with Crippen LogP contribution in [0.15, 0.2) is 45.9 Å². The van der Waals surface area contributed by atoms with Crippen molar-refractivity contribution in [3.05, 3.63) is 36.0 Å². The van der Waals surface area contributed by atoms with E-state index >= 15 is 0 Å². The lowest BCUT2D eigenvalue weighted by Crippen LogP contribution is -2.20. The molecule has 0 rings (SSSR count). The number of allylic oxidation sites excluding steroid dienone is 3. The zero-order chi connectivity index (χ0) is 15.7. The zero-order valence-electron chi connectivity index (χ0n) is 12.6. The fourth-order valence-corrected chi connectivity index (χ4v) is 1.56. The van der Waals surface area contributed by atoms with E-state index in [2.05, 4.69) is 23.3 Å². The van der Waals surface area contributed by atoms with Gasteiger partial charge in [0.1, 0.15) is 11.8 Å². The van der Waals surface area contributed by atoms with Gasteiger partial charge in [-0.1, -0.05) is 30.4 Å². The molecule has 4 nitrogen and oxygen atoms in total. The van der Waals surface area contributed by atoms with Crippen LogP contribution in [0.4, 0.5) is 0 Å². The van der Waals surface area contributed by atoms with Gasteiger partial charge in [0.15, 0.2) is 0 Å². The predicted octanol–water partition coefficient (Wildman–Crippen LogP) is 3.73. The summed E-state index contributed by atoms with van der Waals surface area (Å²) in [5.74, 6) is -0.478. The minimum atomic E-state index is -0.747. The van der Waals surface area contributed by atoms with Gasteiger partial charge in [-0.15, -0.1) is 0 Å². The predicted molar refractivity (Wildman–Crippen MR) is 86.7 cm³/mol. The average molecular weight is 270 g/mol. The third-order valence-electron chi connectivity index (χ3n) is 2.69. The van der Waals surface area contributed by atoms with E-state index < -0.39 is 5.92 Å². The van der Waals surface area contributed by atoms with Crippen LogP contribution in [0.5, 0.6) is 0 Å². The van der Waals surface area contributed by atoms with Crippen molar-refractivity contribution < 1.29 is 0 Å². The van der Waals surface area contributed by atoms with E-state index in [0.29, 0.717) is 0 Å². The molecule has 0 aliphatic heterocycles. The second kappa shape index (κ2) is 8.76. The second-order valence-electron chi connectivity index (χ2n) is 4.53. The Morgan fingerprint density at radius 1 is 1.40 bits per heavy atom. The molecule has 0 spiro atoms. The molecule has 0 radical (unpaired) electrons. The molecule has 0 aromatic heterocycles. The van der Waals surface area contributed by atoms with Crippen LogP contribution in [-0.2, 0) is 0 Å². The van der Waals surface area contributed by atoms with E-state index in [-0.39, 0.29) is 17.6 Å². The summed E-state index contributed by atoms with van der Waals surface area (Å²) in [6, 6.07) is 1.80. The summed E-state index contributed by atoms with van der Waals surface area (Å²) in [7, 11) is 0. The standard InChI is InChI=1S/C16H22N4/c1-7-8-11(2)9-12(3)14(5)20-16(19-6)15(10-17)13(4)18/h7-9,14-15,18H,3,6H2,1-2,4-5H3. The largest absolute Gasteiger partial charge is 0.308 e. The first-order chi connectivity index (χ1) is 9.37.